The van der Waals surface area contributed by atoms with Crippen LogP contribution in [0.4, 0.5) is 0 Å². The molecule has 0 bridgehead atoms. The maximum absolute atomic E-state index is 11.1. The molecule has 0 aliphatic rings. The Morgan fingerprint density at radius 2 is 1.92 bits per heavy atom. The largest absolute Gasteiger partial charge is 0.297 e. The summed E-state index contributed by atoms with van der Waals surface area (Å²) in [5.74, 6) is 0. The molecule has 1 aromatic heterocycles. The van der Waals surface area contributed by atoms with Gasteiger partial charge in [0.15, 0.2) is 0 Å². The third-order valence-electron chi connectivity index (χ3n) is 1.55. The van der Waals surface area contributed by atoms with Crippen molar-refractivity contribution in [1.29, 1.82) is 0 Å². The van der Waals surface area contributed by atoms with E-state index in [1.807, 2.05) is 32.0 Å². The maximum atomic E-state index is 11.1. The van der Waals surface area contributed by atoms with E-state index in [9.17, 15) is 4.79 Å². The van der Waals surface area contributed by atoms with Crippen LogP contribution in [0.15, 0.2) is 27.5 Å². The highest BCUT2D eigenvalue weighted by molar-refractivity contribution is 9.10. The summed E-state index contributed by atoms with van der Waals surface area (Å²) in [6, 6.07) is 5.56. The number of rotatable bonds is 0. The van der Waals surface area contributed by atoms with Crippen molar-refractivity contribution in [3.8, 4) is 0 Å². The highest BCUT2D eigenvalue weighted by Crippen LogP contribution is 2.17. The van der Waals surface area contributed by atoms with Crippen molar-refractivity contribution in [1.82, 2.24) is 10.2 Å². The molecule has 1 aromatic carbocycles. The van der Waals surface area contributed by atoms with Crippen molar-refractivity contribution in [3.63, 3.8) is 0 Å². The fourth-order valence-electron chi connectivity index (χ4n) is 1.05. The Morgan fingerprint density at radius 3 is 2.54 bits per heavy atom. The molecule has 0 aliphatic carbocycles. The van der Waals surface area contributed by atoms with Crippen LogP contribution in [0, 0.1) is 0 Å². The lowest BCUT2D eigenvalue weighted by Crippen LogP contribution is -1.97. The molecule has 70 valence electrons. The van der Waals surface area contributed by atoms with Gasteiger partial charge in [0.25, 0.3) is 5.56 Å². The lowest BCUT2D eigenvalue weighted by atomic mass is 10.3. The smallest absolute Gasteiger partial charge is 0.272 e. The number of nitrogens with one attached hydrogen (secondary N) is 2. The van der Waals surface area contributed by atoms with E-state index in [2.05, 4.69) is 26.1 Å². The van der Waals surface area contributed by atoms with E-state index < -0.39 is 0 Å². The summed E-state index contributed by atoms with van der Waals surface area (Å²) in [5, 5.41) is 5.94. The molecular formula is C9H11BrN2O. The first-order valence-corrected chi connectivity index (χ1v) is 4.93. The van der Waals surface area contributed by atoms with Gasteiger partial charge in [-0.3, -0.25) is 15.0 Å². The molecular weight excluding hydrogens is 232 g/mol. The first-order valence-electron chi connectivity index (χ1n) is 4.14. The van der Waals surface area contributed by atoms with E-state index >= 15 is 0 Å². The van der Waals surface area contributed by atoms with Crippen LogP contribution in [0.25, 0.3) is 10.9 Å². The van der Waals surface area contributed by atoms with Crippen LogP contribution in [0.3, 0.4) is 0 Å². The Hall–Kier alpha value is -1.03. The first-order chi connectivity index (χ1) is 6.29. The molecule has 0 saturated carbocycles. The Kier molecular flexibility index (Phi) is 3.31. The highest BCUT2D eigenvalue weighted by atomic mass is 79.9. The number of aromatic amines is 2. The van der Waals surface area contributed by atoms with Gasteiger partial charge in [-0.05, 0) is 28.1 Å². The zero-order chi connectivity index (χ0) is 9.84. The zero-order valence-corrected chi connectivity index (χ0v) is 9.10. The van der Waals surface area contributed by atoms with E-state index in [1.165, 1.54) is 0 Å². The van der Waals surface area contributed by atoms with Gasteiger partial charge in [-0.2, -0.15) is 0 Å². The molecule has 13 heavy (non-hydrogen) atoms. The van der Waals surface area contributed by atoms with E-state index in [-0.39, 0.29) is 5.56 Å². The van der Waals surface area contributed by atoms with Gasteiger partial charge >= 0.3 is 0 Å². The Morgan fingerprint density at radius 1 is 1.23 bits per heavy atom. The van der Waals surface area contributed by atoms with Gasteiger partial charge in [0, 0.05) is 4.47 Å². The summed E-state index contributed by atoms with van der Waals surface area (Å²) in [4.78, 5) is 11.1. The van der Waals surface area contributed by atoms with Crippen LogP contribution in [-0.2, 0) is 0 Å². The molecule has 4 heteroatoms. The number of fused-ring (bicyclic) bond motifs is 1. The minimum Gasteiger partial charge on any atom is -0.297 e. The topological polar surface area (TPSA) is 48.6 Å². The predicted molar refractivity (Wildman–Crippen MR) is 58.0 cm³/mol. The molecule has 0 aliphatic heterocycles. The Labute approximate surface area is 84.3 Å². The summed E-state index contributed by atoms with van der Waals surface area (Å²) >= 11 is 3.29. The summed E-state index contributed by atoms with van der Waals surface area (Å²) in [7, 11) is 0. The lowest BCUT2D eigenvalue weighted by molar-refractivity contribution is 1.08. The van der Waals surface area contributed by atoms with Crippen LogP contribution < -0.4 is 5.56 Å². The van der Waals surface area contributed by atoms with Gasteiger partial charge in [-0.1, -0.05) is 19.9 Å². The van der Waals surface area contributed by atoms with Crippen LogP contribution in [0.2, 0.25) is 0 Å². The number of halogens is 1. The number of hydrogen-bond acceptors (Lipinski definition) is 1. The molecule has 2 aromatic rings. The van der Waals surface area contributed by atoms with Gasteiger partial charge in [0.05, 0.1) is 10.9 Å². The number of benzene rings is 1. The van der Waals surface area contributed by atoms with Crippen molar-refractivity contribution in [2.45, 2.75) is 13.8 Å². The summed E-state index contributed by atoms with van der Waals surface area (Å²) in [5.41, 5.74) is 0.733. The third kappa shape index (κ3) is 1.83. The summed E-state index contributed by atoms with van der Waals surface area (Å²) in [6.07, 6.45) is 0. The van der Waals surface area contributed by atoms with E-state index in [1.54, 1.807) is 0 Å². The normalized spacial score (nSPS) is 9.46. The molecule has 2 rings (SSSR count). The maximum Gasteiger partial charge on any atom is 0.272 e. The summed E-state index contributed by atoms with van der Waals surface area (Å²) in [6.45, 7) is 4.00. The average Bonchev–Trinajstić information content (AvgIpc) is 2.53. The van der Waals surface area contributed by atoms with E-state index in [0.717, 1.165) is 9.99 Å². The highest BCUT2D eigenvalue weighted by Gasteiger charge is 2.02. The Bertz CT molecular complexity index is 444. The molecule has 0 radical (unpaired) electrons. The van der Waals surface area contributed by atoms with Crippen LogP contribution in [0.1, 0.15) is 13.8 Å². The molecule has 0 amide bonds. The van der Waals surface area contributed by atoms with Crippen molar-refractivity contribution in [2.75, 3.05) is 0 Å². The quantitative estimate of drug-likeness (QED) is 0.734. The van der Waals surface area contributed by atoms with Gasteiger partial charge in [0.1, 0.15) is 0 Å². The molecule has 0 saturated heterocycles. The summed E-state index contributed by atoms with van der Waals surface area (Å²) < 4.78 is 0.817. The average molecular weight is 243 g/mol. The molecule has 0 unspecified atom stereocenters. The second-order valence-corrected chi connectivity index (χ2v) is 3.10. The molecule has 2 N–H and O–H groups in total. The fourth-order valence-corrected chi connectivity index (χ4v) is 1.59. The van der Waals surface area contributed by atoms with Crippen molar-refractivity contribution < 1.29 is 0 Å². The molecule has 1 heterocycles. The Balaban J connectivity index is 0.000000396. The van der Waals surface area contributed by atoms with Gasteiger partial charge < -0.3 is 0 Å². The molecule has 0 fully saturated rings. The van der Waals surface area contributed by atoms with Crippen LogP contribution in [0.5, 0.6) is 0 Å². The van der Waals surface area contributed by atoms with Crippen LogP contribution in [-0.4, -0.2) is 10.2 Å². The third-order valence-corrected chi connectivity index (χ3v) is 2.21. The number of hydrogen-bond donors (Lipinski definition) is 2. The van der Waals surface area contributed by atoms with E-state index in [4.69, 9.17) is 0 Å². The van der Waals surface area contributed by atoms with Crippen LogP contribution >= 0.6 is 15.9 Å². The molecule has 0 atom stereocenters. The van der Waals surface area contributed by atoms with Crippen molar-refractivity contribution in [2.24, 2.45) is 0 Å². The molecule has 0 spiro atoms. The predicted octanol–water partition coefficient (Wildman–Crippen LogP) is 2.64. The second kappa shape index (κ2) is 4.28. The second-order valence-electron chi connectivity index (χ2n) is 2.24. The standard InChI is InChI=1S/C7H5BrN2O.C2H6/c8-4-2-1-3-5-6(4)7(11)10-9-5;1-2/h1-3H,(H2,9,10,11);1-2H3. The van der Waals surface area contributed by atoms with Gasteiger partial charge in [-0.15, -0.1) is 0 Å². The van der Waals surface area contributed by atoms with Gasteiger partial charge in [0.2, 0.25) is 0 Å². The first kappa shape index (κ1) is 10.1. The van der Waals surface area contributed by atoms with Crippen molar-refractivity contribution in [3.05, 3.63) is 33.0 Å². The molecule has 3 nitrogen and oxygen atoms in total. The monoisotopic (exact) mass is 242 g/mol. The van der Waals surface area contributed by atoms with Crippen molar-refractivity contribution >= 4 is 26.8 Å². The fraction of sp³-hybridized carbons (Fsp3) is 0.222. The minimum absolute atomic E-state index is 0.0903. The number of aromatic nitrogens is 2. The minimum atomic E-state index is -0.0903. The number of H-pyrrole nitrogens is 2. The lowest BCUT2D eigenvalue weighted by Gasteiger charge is -1.88. The van der Waals surface area contributed by atoms with Gasteiger partial charge in [-0.25, -0.2) is 0 Å². The SMILES string of the molecule is CC.O=c1[nH][nH]c2cccc(Br)c12. The zero-order valence-electron chi connectivity index (χ0n) is 7.52. The van der Waals surface area contributed by atoms with E-state index in [0.29, 0.717) is 5.39 Å².